The fraction of sp³-hybridized carbons (Fsp3) is 0.600. The molecule has 0 saturated carbocycles. The highest BCUT2D eigenvalue weighted by molar-refractivity contribution is 5.86. The summed E-state index contributed by atoms with van der Waals surface area (Å²) in [5.41, 5.74) is 5.82. The van der Waals surface area contributed by atoms with E-state index in [1.165, 1.54) is 6.33 Å². The molecule has 8 heteroatoms. The van der Waals surface area contributed by atoms with Gasteiger partial charge < -0.3 is 29.6 Å². The molecule has 8 nitrogen and oxygen atoms in total. The molecule has 23 heavy (non-hydrogen) atoms. The lowest BCUT2D eigenvalue weighted by atomic mass is 9.95. The van der Waals surface area contributed by atoms with Gasteiger partial charge in [0.25, 0.3) is 0 Å². The molecule has 0 aromatic carbocycles. The third kappa shape index (κ3) is 1.99. The summed E-state index contributed by atoms with van der Waals surface area (Å²) in [5, 5.41) is 10.5. The largest absolute Gasteiger partial charge is 0.394 e. The zero-order valence-corrected chi connectivity index (χ0v) is 13.3. The number of aromatic nitrogens is 3. The summed E-state index contributed by atoms with van der Waals surface area (Å²) in [6.45, 7) is 5.47. The first kappa shape index (κ1) is 14.8. The summed E-state index contributed by atoms with van der Waals surface area (Å²) < 4.78 is 20.0. The van der Waals surface area contributed by atoms with Crippen LogP contribution in [0.3, 0.4) is 0 Å². The van der Waals surface area contributed by atoms with Gasteiger partial charge in [0.1, 0.15) is 35.6 Å². The lowest BCUT2D eigenvalue weighted by molar-refractivity contribution is -0.214. The third-order valence-corrected chi connectivity index (χ3v) is 4.62. The zero-order chi connectivity index (χ0) is 16.4. The molecule has 2 aliphatic heterocycles. The smallest absolute Gasteiger partial charge is 0.165 e. The predicted molar refractivity (Wildman–Crippen MR) is 81.4 cm³/mol. The van der Waals surface area contributed by atoms with Crippen LogP contribution < -0.4 is 5.73 Å². The van der Waals surface area contributed by atoms with Gasteiger partial charge in [0.05, 0.1) is 12.0 Å². The lowest BCUT2D eigenvalue weighted by Crippen LogP contribution is -2.45. The number of nitrogens with two attached hydrogens (primary N) is 1. The molecule has 3 N–H and O–H groups in total. The van der Waals surface area contributed by atoms with Gasteiger partial charge in [-0.15, -0.1) is 0 Å². The van der Waals surface area contributed by atoms with Crippen molar-refractivity contribution in [3.05, 3.63) is 18.6 Å². The Hall–Kier alpha value is -1.74. The molecule has 0 amide bonds. The lowest BCUT2D eigenvalue weighted by Gasteiger charge is -2.28. The number of hydrogen-bond acceptors (Lipinski definition) is 7. The van der Waals surface area contributed by atoms with Crippen molar-refractivity contribution in [3.8, 4) is 0 Å². The first-order valence-electron chi connectivity index (χ1n) is 7.57. The Labute approximate surface area is 133 Å². The summed E-state index contributed by atoms with van der Waals surface area (Å²) in [4.78, 5) is 8.30. The first-order chi connectivity index (χ1) is 10.9. The molecule has 4 heterocycles. The Morgan fingerprint density at radius 2 is 2.13 bits per heavy atom. The monoisotopic (exact) mass is 320 g/mol. The van der Waals surface area contributed by atoms with E-state index in [0.29, 0.717) is 11.5 Å². The standard InChI is InChI=1S/C15H20N4O4/c1-14(2)22-10-13(21-9(6-20)15(10,3)23-14)19-5-4-8-11(16)17-7-18-12(8)19/h4-5,7,9-10,13,20H,6H2,1-3H3,(H2,16,17,18)/t9-,10+,13-,15-/m1/s1. The van der Waals surface area contributed by atoms with Gasteiger partial charge in [0, 0.05) is 6.20 Å². The molecule has 124 valence electrons. The molecular weight excluding hydrogens is 300 g/mol. The summed E-state index contributed by atoms with van der Waals surface area (Å²) in [7, 11) is 0. The molecule has 2 aromatic heterocycles. The number of anilines is 1. The topological polar surface area (TPSA) is 105 Å². The van der Waals surface area contributed by atoms with Gasteiger partial charge in [-0.2, -0.15) is 0 Å². The van der Waals surface area contributed by atoms with Crippen LogP contribution >= 0.6 is 0 Å². The van der Waals surface area contributed by atoms with Crippen molar-refractivity contribution in [2.24, 2.45) is 0 Å². The average molecular weight is 320 g/mol. The van der Waals surface area contributed by atoms with Crippen molar-refractivity contribution in [1.82, 2.24) is 14.5 Å². The minimum Gasteiger partial charge on any atom is -0.394 e. The minimum atomic E-state index is -0.744. The number of nitrogen functional groups attached to an aromatic ring is 1. The van der Waals surface area contributed by atoms with Crippen LogP contribution in [-0.4, -0.2) is 49.8 Å². The summed E-state index contributed by atoms with van der Waals surface area (Å²) in [6, 6.07) is 1.85. The van der Waals surface area contributed by atoms with Crippen molar-refractivity contribution < 1.29 is 19.3 Å². The van der Waals surface area contributed by atoms with Crippen LogP contribution in [-0.2, 0) is 14.2 Å². The van der Waals surface area contributed by atoms with E-state index in [1.54, 1.807) is 0 Å². The maximum absolute atomic E-state index is 9.71. The molecule has 4 rings (SSSR count). The minimum absolute atomic E-state index is 0.154. The van der Waals surface area contributed by atoms with Crippen molar-refractivity contribution in [3.63, 3.8) is 0 Å². The SMILES string of the molecule is CC1(C)O[C@H]2[C@H](n3ccc4c(N)ncnc43)O[C@H](CO)[C@@]2(C)O1. The van der Waals surface area contributed by atoms with Gasteiger partial charge in [-0.1, -0.05) is 0 Å². The van der Waals surface area contributed by atoms with Crippen molar-refractivity contribution >= 4 is 16.9 Å². The van der Waals surface area contributed by atoms with E-state index in [0.717, 1.165) is 5.39 Å². The number of rotatable bonds is 2. The van der Waals surface area contributed by atoms with E-state index in [2.05, 4.69) is 9.97 Å². The van der Waals surface area contributed by atoms with E-state index < -0.39 is 23.7 Å². The van der Waals surface area contributed by atoms with E-state index in [4.69, 9.17) is 19.9 Å². The maximum atomic E-state index is 9.71. The van der Waals surface area contributed by atoms with E-state index in [9.17, 15) is 5.11 Å². The number of aliphatic hydroxyl groups is 1. The van der Waals surface area contributed by atoms with Crippen LogP contribution in [0.2, 0.25) is 0 Å². The normalized spacial score (nSPS) is 35.7. The molecule has 4 atom stereocenters. The Balaban J connectivity index is 1.81. The average Bonchev–Trinajstić information content (AvgIpc) is 3.07. The Morgan fingerprint density at radius 3 is 2.87 bits per heavy atom. The van der Waals surface area contributed by atoms with E-state index >= 15 is 0 Å². The highest BCUT2D eigenvalue weighted by Gasteiger charge is 2.63. The first-order valence-corrected chi connectivity index (χ1v) is 7.57. The molecule has 2 aliphatic rings. The Morgan fingerprint density at radius 1 is 1.35 bits per heavy atom. The number of ether oxygens (including phenoxy) is 3. The molecule has 2 saturated heterocycles. The second-order valence-electron chi connectivity index (χ2n) is 6.64. The Bertz CT molecular complexity index is 761. The van der Waals surface area contributed by atoms with Crippen molar-refractivity contribution in [2.75, 3.05) is 12.3 Å². The number of nitrogens with zero attached hydrogens (tertiary/aromatic N) is 3. The Kier molecular flexibility index (Phi) is 2.99. The fourth-order valence-electron chi connectivity index (χ4n) is 3.63. The van der Waals surface area contributed by atoms with Gasteiger partial charge in [-0.3, -0.25) is 0 Å². The molecular formula is C15H20N4O4. The van der Waals surface area contributed by atoms with Crippen LogP contribution in [0, 0.1) is 0 Å². The second-order valence-corrected chi connectivity index (χ2v) is 6.64. The van der Waals surface area contributed by atoms with Crippen molar-refractivity contribution in [1.29, 1.82) is 0 Å². The summed E-state index contributed by atoms with van der Waals surface area (Å²) in [6.07, 6.45) is 1.93. The number of fused-ring (bicyclic) bond motifs is 2. The van der Waals surface area contributed by atoms with E-state index in [-0.39, 0.29) is 12.7 Å². The highest BCUT2D eigenvalue weighted by atomic mass is 16.8. The molecule has 0 aliphatic carbocycles. The summed E-state index contributed by atoms with van der Waals surface area (Å²) >= 11 is 0. The maximum Gasteiger partial charge on any atom is 0.165 e. The fourth-order valence-corrected chi connectivity index (χ4v) is 3.63. The molecule has 2 aromatic rings. The van der Waals surface area contributed by atoms with Crippen LogP contribution in [0.1, 0.15) is 27.0 Å². The molecule has 0 bridgehead atoms. The predicted octanol–water partition coefficient (Wildman–Crippen LogP) is 0.813. The van der Waals surface area contributed by atoms with Crippen LogP contribution in [0.25, 0.3) is 11.0 Å². The third-order valence-electron chi connectivity index (χ3n) is 4.62. The highest BCUT2D eigenvalue weighted by Crippen LogP contribution is 2.50. The van der Waals surface area contributed by atoms with Gasteiger partial charge in [0.2, 0.25) is 0 Å². The molecule has 0 spiro atoms. The van der Waals surface area contributed by atoms with Crippen LogP contribution in [0.4, 0.5) is 5.82 Å². The second kappa shape index (κ2) is 4.64. The molecule has 0 unspecified atom stereocenters. The zero-order valence-electron chi connectivity index (χ0n) is 13.3. The van der Waals surface area contributed by atoms with Gasteiger partial charge in [-0.05, 0) is 26.8 Å². The van der Waals surface area contributed by atoms with Crippen molar-refractivity contribution in [2.45, 2.75) is 50.6 Å². The quantitative estimate of drug-likeness (QED) is 0.843. The van der Waals surface area contributed by atoms with Crippen LogP contribution in [0.5, 0.6) is 0 Å². The van der Waals surface area contributed by atoms with Crippen LogP contribution in [0.15, 0.2) is 18.6 Å². The number of aliphatic hydroxyl groups excluding tert-OH is 1. The molecule has 0 radical (unpaired) electrons. The molecule has 2 fully saturated rings. The summed E-state index contributed by atoms with van der Waals surface area (Å²) in [5.74, 6) is -0.330. The van der Waals surface area contributed by atoms with Gasteiger partial charge >= 0.3 is 0 Å². The van der Waals surface area contributed by atoms with Gasteiger partial charge in [-0.25, -0.2) is 9.97 Å². The number of hydrogen-bond donors (Lipinski definition) is 2. The van der Waals surface area contributed by atoms with Gasteiger partial charge in [0.15, 0.2) is 12.0 Å². The van der Waals surface area contributed by atoms with E-state index in [1.807, 2.05) is 37.6 Å².